The first-order valence-electron chi connectivity index (χ1n) is 4.92. The van der Waals surface area contributed by atoms with E-state index >= 15 is 0 Å². The molecule has 0 atom stereocenters. The van der Waals surface area contributed by atoms with Crippen LogP contribution >= 0.6 is 0 Å². The number of nitrogen functional groups attached to an aromatic ring is 1. The molecule has 0 aliphatic carbocycles. The smallest absolute Gasteiger partial charge is 0.0862 e. The predicted molar refractivity (Wildman–Crippen MR) is 42.2 cm³/mol. The molecule has 2 rings (SSSR count). The maximum absolute atomic E-state index is 7.63. The van der Waals surface area contributed by atoms with Crippen LogP contribution in [0.1, 0.15) is 15.7 Å². The lowest BCUT2D eigenvalue weighted by molar-refractivity contribution is 0.00672. The van der Waals surface area contributed by atoms with Crippen LogP contribution in [-0.4, -0.2) is 18.2 Å². The van der Waals surface area contributed by atoms with E-state index in [4.69, 9.17) is 14.6 Å². The van der Waals surface area contributed by atoms with Gasteiger partial charge in [0.1, 0.15) is 0 Å². The van der Waals surface area contributed by atoms with E-state index in [1.54, 1.807) is 0 Å². The number of nitrogens with two attached hydrogens (primary N) is 1. The summed E-state index contributed by atoms with van der Waals surface area (Å²) >= 11 is 0. The fraction of sp³-hybridized carbons (Fsp3) is 0.375. The van der Waals surface area contributed by atoms with Gasteiger partial charge in [0, 0.05) is 11.6 Å². The van der Waals surface area contributed by atoms with Crippen molar-refractivity contribution in [1.82, 2.24) is 4.98 Å². The van der Waals surface area contributed by atoms with Crippen molar-refractivity contribution in [2.24, 2.45) is 0 Å². The van der Waals surface area contributed by atoms with Crippen molar-refractivity contribution in [2.75, 3.05) is 18.9 Å². The van der Waals surface area contributed by atoms with Gasteiger partial charge in [-0.1, -0.05) is 0 Å². The number of nitrogens with zero attached hydrogens (tertiary/aromatic N) is 1. The monoisotopic (exact) mass is 153 g/mol. The van der Waals surface area contributed by atoms with Crippen LogP contribution in [0.3, 0.4) is 0 Å². The Morgan fingerprint density at radius 3 is 3.09 bits per heavy atom. The summed E-state index contributed by atoms with van der Waals surface area (Å²) in [4.78, 5) is 3.91. The minimum Gasteiger partial charge on any atom is -0.397 e. The van der Waals surface area contributed by atoms with Crippen molar-refractivity contribution in [3.63, 3.8) is 0 Å². The third kappa shape index (κ3) is 1.19. The van der Waals surface area contributed by atoms with Gasteiger partial charge in [0.25, 0.3) is 0 Å². The molecule has 1 aliphatic rings. The average molecular weight is 153 g/mol. The summed E-state index contributed by atoms with van der Waals surface area (Å²) < 4.78 is 27.5. The number of aromatic nitrogens is 1. The molecule has 1 fully saturated rings. The summed E-state index contributed by atoms with van der Waals surface area (Å²) in [6.45, 7) is 1.03. The highest BCUT2D eigenvalue weighted by Gasteiger charge is 2.21. The van der Waals surface area contributed by atoms with Crippen LogP contribution in [0, 0.1) is 0 Å². The highest BCUT2D eigenvalue weighted by molar-refractivity contribution is 5.35. The first kappa shape index (κ1) is 4.07. The van der Waals surface area contributed by atoms with Crippen LogP contribution in [0.2, 0.25) is 0 Å². The van der Waals surface area contributed by atoms with Gasteiger partial charge in [-0.15, -0.1) is 0 Å². The topological polar surface area (TPSA) is 48.1 Å². The van der Waals surface area contributed by atoms with Gasteiger partial charge in [-0.3, -0.25) is 4.98 Å². The SMILES string of the molecule is [2H]c1nc(C2COC2)c([2H])c([2H])c1N. The van der Waals surface area contributed by atoms with E-state index in [0.717, 1.165) is 0 Å². The van der Waals surface area contributed by atoms with Crippen LogP contribution in [0.5, 0.6) is 0 Å². The molecule has 0 spiro atoms. The summed E-state index contributed by atoms with van der Waals surface area (Å²) in [5, 5.41) is 0. The molecule has 1 aliphatic heterocycles. The average Bonchev–Trinajstić information content (AvgIpc) is 2.08. The number of pyridine rings is 1. The third-order valence-corrected chi connectivity index (χ3v) is 1.65. The highest BCUT2D eigenvalue weighted by Crippen LogP contribution is 2.21. The summed E-state index contributed by atoms with van der Waals surface area (Å²) in [5.74, 6) is 0.0521. The van der Waals surface area contributed by atoms with E-state index in [9.17, 15) is 0 Å². The molecule has 0 bridgehead atoms. The zero-order chi connectivity index (χ0) is 10.3. The molecule has 0 radical (unpaired) electrons. The van der Waals surface area contributed by atoms with Crippen LogP contribution in [0.4, 0.5) is 5.69 Å². The van der Waals surface area contributed by atoms with Crippen molar-refractivity contribution in [1.29, 1.82) is 0 Å². The van der Waals surface area contributed by atoms with Crippen LogP contribution in [-0.2, 0) is 4.74 Å². The van der Waals surface area contributed by atoms with Gasteiger partial charge in [-0.25, -0.2) is 0 Å². The molecular formula is C8H10N2O. The standard InChI is InChI=1S/C8H10N2O/c9-7-1-2-8(10-3-7)6-4-11-5-6/h1-3,6H,4-5,9H2/i1D,2D,3D. The van der Waals surface area contributed by atoms with Gasteiger partial charge in [-0.2, -0.15) is 0 Å². The second-order valence-electron chi connectivity index (χ2n) is 2.51. The Labute approximate surface area is 69.4 Å². The molecule has 1 aromatic heterocycles. The molecule has 1 saturated heterocycles. The number of ether oxygens (including phenoxy) is 1. The molecule has 0 unspecified atom stereocenters. The molecule has 11 heavy (non-hydrogen) atoms. The lowest BCUT2D eigenvalue weighted by Crippen LogP contribution is -2.25. The summed E-state index contributed by atoms with van der Waals surface area (Å²) in [5.41, 5.74) is 5.85. The Hall–Kier alpha value is -1.09. The van der Waals surface area contributed by atoms with Crippen molar-refractivity contribution in [3.05, 3.63) is 24.0 Å². The maximum Gasteiger partial charge on any atom is 0.0862 e. The minimum absolute atomic E-state index is 0.0202. The third-order valence-electron chi connectivity index (χ3n) is 1.65. The van der Waals surface area contributed by atoms with E-state index < -0.39 is 0 Å². The quantitative estimate of drug-likeness (QED) is 0.648. The second kappa shape index (κ2) is 2.51. The van der Waals surface area contributed by atoms with E-state index in [2.05, 4.69) is 4.98 Å². The lowest BCUT2D eigenvalue weighted by atomic mass is 10.0. The van der Waals surface area contributed by atoms with Gasteiger partial charge < -0.3 is 10.5 Å². The van der Waals surface area contributed by atoms with Crippen LogP contribution < -0.4 is 5.73 Å². The first-order valence-corrected chi connectivity index (χ1v) is 3.42. The lowest BCUT2D eigenvalue weighted by Gasteiger charge is -2.25. The van der Waals surface area contributed by atoms with Crippen molar-refractivity contribution in [2.45, 2.75) is 5.92 Å². The second-order valence-corrected chi connectivity index (χ2v) is 2.51. The molecule has 1 aromatic rings. The summed E-state index contributed by atoms with van der Waals surface area (Å²) in [7, 11) is 0. The van der Waals surface area contributed by atoms with E-state index in [1.165, 1.54) is 0 Å². The Morgan fingerprint density at radius 2 is 2.45 bits per heavy atom. The van der Waals surface area contributed by atoms with Crippen molar-refractivity contribution < 1.29 is 8.85 Å². The largest absolute Gasteiger partial charge is 0.397 e. The highest BCUT2D eigenvalue weighted by atomic mass is 16.5. The summed E-state index contributed by atoms with van der Waals surface area (Å²) in [6.07, 6.45) is -0.118. The molecule has 2 heterocycles. The number of hydrogen-bond acceptors (Lipinski definition) is 3. The molecule has 58 valence electrons. The normalized spacial score (nSPS) is 21.6. The van der Waals surface area contributed by atoms with Gasteiger partial charge in [0.2, 0.25) is 0 Å². The fourth-order valence-electron chi connectivity index (χ4n) is 0.895. The van der Waals surface area contributed by atoms with Crippen LogP contribution in [0.25, 0.3) is 0 Å². The van der Waals surface area contributed by atoms with E-state index in [1.807, 2.05) is 0 Å². The zero-order valence-electron chi connectivity index (χ0n) is 8.92. The Balaban J connectivity index is 2.49. The van der Waals surface area contributed by atoms with Crippen LogP contribution in [0.15, 0.2) is 18.3 Å². The van der Waals surface area contributed by atoms with Gasteiger partial charge in [0.05, 0.1) is 29.2 Å². The van der Waals surface area contributed by atoms with Crippen molar-refractivity contribution >= 4 is 5.69 Å². The maximum atomic E-state index is 7.63. The molecule has 3 heteroatoms. The van der Waals surface area contributed by atoms with E-state index in [-0.39, 0.29) is 29.9 Å². The van der Waals surface area contributed by atoms with Gasteiger partial charge >= 0.3 is 0 Å². The summed E-state index contributed by atoms with van der Waals surface area (Å²) in [6, 6.07) is -0.0845. The minimum atomic E-state index is -0.118. The molecule has 0 saturated carbocycles. The molecule has 2 N–H and O–H groups in total. The predicted octanol–water partition coefficient (Wildman–Crippen LogP) is 0.778. The number of anilines is 1. The Morgan fingerprint density at radius 1 is 1.64 bits per heavy atom. The fourth-order valence-corrected chi connectivity index (χ4v) is 0.895. The zero-order valence-corrected chi connectivity index (χ0v) is 5.92. The molecule has 0 amide bonds. The molecule has 0 aromatic carbocycles. The van der Waals surface area contributed by atoms with Gasteiger partial charge in [0.15, 0.2) is 0 Å². The molecular weight excluding hydrogens is 140 g/mol. The molecule has 3 nitrogen and oxygen atoms in total. The van der Waals surface area contributed by atoms with Gasteiger partial charge in [-0.05, 0) is 12.1 Å². The number of rotatable bonds is 1. The number of hydrogen-bond donors (Lipinski definition) is 1. The van der Waals surface area contributed by atoms with Crippen molar-refractivity contribution in [3.8, 4) is 0 Å². The first-order chi connectivity index (χ1) is 6.61. The Bertz CT molecular complexity index is 379. The Kier molecular flexibility index (Phi) is 0.927. The van der Waals surface area contributed by atoms with E-state index in [0.29, 0.717) is 18.9 Å².